The van der Waals surface area contributed by atoms with E-state index >= 15 is 0 Å². The van der Waals surface area contributed by atoms with Gasteiger partial charge in [0, 0.05) is 16.1 Å². The van der Waals surface area contributed by atoms with E-state index in [2.05, 4.69) is 32.2 Å². The molecule has 1 aromatic heterocycles. The number of rotatable bonds is 5. The number of anilines is 1. The molecule has 0 spiro atoms. The molecule has 6 rings (SSSR count). The number of para-hydroxylation sites is 1. The zero-order valence-electron chi connectivity index (χ0n) is 24.5. The van der Waals surface area contributed by atoms with Crippen LogP contribution in [0.5, 0.6) is 0 Å². The molecule has 43 heavy (non-hydrogen) atoms. The molecule has 0 saturated heterocycles. The minimum absolute atomic E-state index is 0.0106. The van der Waals surface area contributed by atoms with E-state index in [4.69, 9.17) is 21.3 Å². The Morgan fingerprint density at radius 1 is 0.930 bits per heavy atom. The molecule has 1 atom stereocenters. The van der Waals surface area contributed by atoms with Crippen LogP contribution in [0.1, 0.15) is 54.4 Å². The molecule has 0 aliphatic heterocycles. The lowest BCUT2D eigenvalue weighted by molar-refractivity contribution is -0.119. The van der Waals surface area contributed by atoms with E-state index in [-0.39, 0.29) is 11.3 Å². The van der Waals surface area contributed by atoms with Crippen molar-refractivity contribution in [2.75, 3.05) is 11.9 Å². The molecule has 6 heteroatoms. The fourth-order valence-corrected chi connectivity index (χ4v) is 5.92. The molecule has 0 saturated carbocycles. The van der Waals surface area contributed by atoms with E-state index in [0.717, 1.165) is 45.0 Å². The van der Waals surface area contributed by atoms with Gasteiger partial charge in [0.15, 0.2) is 6.61 Å². The van der Waals surface area contributed by atoms with E-state index in [1.807, 2.05) is 91.0 Å². The zero-order valence-corrected chi connectivity index (χ0v) is 25.2. The second-order valence-electron chi connectivity index (χ2n) is 12.2. The van der Waals surface area contributed by atoms with Gasteiger partial charge in [-0.05, 0) is 88.1 Å². The van der Waals surface area contributed by atoms with Gasteiger partial charge in [-0.2, -0.15) is 0 Å². The van der Waals surface area contributed by atoms with Gasteiger partial charge in [0.25, 0.3) is 5.91 Å². The number of fused-ring (bicyclic) bond motifs is 3. The zero-order chi connectivity index (χ0) is 30.1. The summed E-state index contributed by atoms with van der Waals surface area (Å²) in [6.45, 7) is 6.29. The molecular weight excluding hydrogens is 556 g/mol. The molecular formula is C37H33ClN2O3. The Morgan fingerprint density at radius 2 is 1.65 bits per heavy atom. The molecule has 5 aromatic rings. The number of aromatic nitrogens is 1. The van der Waals surface area contributed by atoms with Crippen molar-refractivity contribution < 1.29 is 14.3 Å². The normalized spacial score (nSPS) is 15.8. The van der Waals surface area contributed by atoms with Crippen LogP contribution in [0.2, 0.25) is 5.02 Å². The third-order valence-corrected chi connectivity index (χ3v) is 8.47. The molecule has 0 bridgehead atoms. The first-order valence-corrected chi connectivity index (χ1v) is 14.9. The number of benzene rings is 4. The van der Waals surface area contributed by atoms with E-state index in [0.29, 0.717) is 28.2 Å². The molecule has 0 fully saturated rings. The van der Waals surface area contributed by atoms with Crippen LogP contribution in [0.4, 0.5) is 5.69 Å². The fourth-order valence-electron chi connectivity index (χ4n) is 5.80. The second kappa shape index (κ2) is 11.7. The summed E-state index contributed by atoms with van der Waals surface area (Å²) < 4.78 is 5.70. The predicted octanol–water partition coefficient (Wildman–Crippen LogP) is 8.99. The van der Waals surface area contributed by atoms with Crippen LogP contribution in [0, 0.1) is 11.3 Å². The maximum absolute atomic E-state index is 13.9. The Morgan fingerprint density at radius 3 is 2.42 bits per heavy atom. The number of hydrogen-bond acceptors (Lipinski definition) is 4. The van der Waals surface area contributed by atoms with Crippen LogP contribution in [0.15, 0.2) is 91.0 Å². The Bertz CT molecular complexity index is 1890. The van der Waals surface area contributed by atoms with Gasteiger partial charge in [0.05, 0.1) is 16.8 Å². The summed E-state index contributed by atoms with van der Waals surface area (Å²) in [6.07, 6.45) is 3.65. The quantitative estimate of drug-likeness (QED) is 0.208. The molecule has 1 heterocycles. The van der Waals surface area contributed by atoms with Gasteiger partial charge in [-0.1, -0.05) is 93.0 Å². The Labute approximate surface area is 256 Å². The van der Waals surface area contributed by atoms with Crippen LogP contribution in [0.3, 0.4) is 0 Å². The van der Waals surface area contributed by atoms with Crippen molar-refractivity contribution >= 4 is 62.5 Å². The van der Waals surface area contributed by atoms with Gasteiger partial charge in [-0.15, -0.1) is 0 Å². The molecule has 1 amide bonds. The number of amides is 1. The molecule has 5 nitrogen and oxygen atoms in total. The van der Waals surface area contributed by atoms with Gasteiger partial charge in [0.2, 0.25) is 0 Å². The maximum Gasteiger partial charge on any atom is 0.339 e. The van der Waals surface area contributed by atoms with Crippen molar-refractivity contribution in [3.8, 4) is 0 Å². The number of carbonyl (C=O) groups excluding carboxylic acids is 2. The highest BCUT2D eigenvalue weighted by Gasteiger charge is 2.35. The van der Waals surface area contributed by atoms with Gasteiger partial charge in [0.1, 0.15) is 0 Å². The Hall–Kier alpha value is -4.48. The highest BCUT2D eigenvalue weighted by Crippen LogP contribution is 2.45. The van der Waals surface area contributed by atoms with Crippen molar-refractivity contribution in [3.63, 3.8) is 0 Å². The third-order valence-electron chi connectivity index (χ3n) is 8.22. The molecule has 4 aromatic carbocycles. The standard InChI is InChI=1S/C37H33ClN2O3/c1-37(2,3)27-19-26(18-23-12-15-28(38)16-13-23)35-31(21-27)34(30-10-6-7-11-32(30)40-35)36(42)43-22-33(41)39-29-17-14-24-8-4-5-9-25(24)20-29/h4-18,20,27H,19,21-22H2,1-3H3,(H,39,41)/b26-18+/t27-/m1/s1. The van der Waals surface area contributed by atoms with E-state index in [1.54, 1.807) is 0 Å². The average Bonchev–Trinajstić information content (AvgIpc) is 2.99. The molecule has 0 radical (unpaired) electrons. The molecule has 1 N–H and O–H groups in total. The van der Waals surface area contributed by atoms with E-state index < -0.39 is 18.5 Å². The number of halogens is 1. The fraction of sp³-hybridized carbons (Fsp3) is 0.216. The summed E-state index contributed by atoms with van der Waals surface area (Å²) >= 11 is 6.15. The van der Waals surface area contributed by atoms with Gasteiger partial charge < -0.3 is 10.1 Å². The van der Waals surface area contributed by atoms with E-state index in [1.165, 1.54) is 0 Å². The second-order valence-corrected chi connectivity index (χ2v) is 12.6. The molecule has 0 unspecified atom stereocenters. The number of ether oxygens (including phenoxy) is 1. The van der Waals surface area contributed by atoms with Gasteiger partial charge >= 0.3 is 5.97 Å². The summed E-state index contributed by atoms with van der Waals surface area (Å²) in [4.78, 5) is 31.8. The Balaban J connectivity index is 1.34. The van der Waals surface area contributed by atoms with Crippen LogP contribution < -0.4 is 5.32 Å². The summed E-state index contributed by atoms with van der Waals surface area (Å²) in [6, 6.07) is 29.0. The monoisotopic (exact) mass is 588 g/mol. The smallest absolute Gasteiger partial charge is 0.339 e. The van der Waals surface area contributed by atoms with Crippen molar-refractivity contribution in [3.05, 3.63) is 118 Å². The van der Waals surface area contributed by atoms with Crippen molar-refractivity contribution in [1.82, 2.24) is 4.98 Å². The number of hydrogen-bond donors (Lipinski definition) is 1. The topological polar surface area (TPSA) is 68.3 Å². The number of pyridine rings is 1. The summed E-state index contributed by atoms with van der Waals surface area (Å²) in [5.74, 6) is -0.653. The first-order valence-electron chi connectivity index (χ1n) is 14.5. The predicted molar refractivity (Wildman–Crippen MR) is 175 cm³/mol. The van der Waals surface area contributed by atoms with Crippen molar-refractivity contribution in [2.24, 2.45) is 11.3 Å². The Kier molecular flexibility index (Phi) is 7.76. The van der Waals surface area contributed by atoms with Crippen molar-refractivity contribution in [2.45, 2.75) is 33.6 Å². The van der Waals surface area contributed by atoms with Crippen LogP contribution in [0.25, 0.3) is 33.3 Å². The average molecular weight is 589 g/mol. The SMILES string of the molecule is CC(C)(C)[C@@H]1C/C(=C\c2ccc(Cl)cc2)c2nc3ccccc3c(C(=O)OCC(=O)Nc3ccc4ccccc4c3)c2C1. The summed E-state index contributed by atoms with van der Waals surface area (Å²) in [7, 11) is 0. The largest absolute Gasteiger partial charge is 0.452 e. The summed E-state index contributed by atoms with van der Waals surface area (Å²) in [5.41, 5.74) is 5.59. The maximum atomic E-state index is 13.9. The molecule has 216 valence electrons. The first kappa shape index (κ1) is 28.6. The van der Waals surface area contributed by atoms with Crippen LogP contribution in [-0.4, -0.2) is 23.5 Å². The number of esters is 1. The lowest BCUT2D eigenvalue weighted by Gasteiger charge is -2.36. The van der Waals surface area contributed by atoms with Gasteiger partial charge in [-0.25, -0.2) is 9.78 Å². The number of nitrogens with zero attached hydrogens (tertiary/aromatic N) is 1. The van der Waals surface area contributed by atoms with Crippen LogP contribution in [-0.2, 0) is 16.0 Å². The number of allylic oxidation sites excluding steroid dienone is 1. The lowest BCUT2D eigenvalue weighted by Crippen LogP contribution is -2.29. The van der Waals surface area contributed by atoms with Crippen LogP contribution >= 0.6 is 11.6 Å². The highest BCUT2D eigenvalue weighted by atomic mass is 35.5. The van der Waals surface area contributed by atoms with Crippen molar-refractivity contribution in [1.29, 1.82) is 0 Å². The number of nitrogens with one attached hydrogen (secondary N) is 1. The van der Waals surface area contributed by atoms with Gasteiger partial charge in [-0.3, -0.25) is 4.79 Å². The molecule has 1 aliphatic carbocycles. The molecule has 1 aliphatic rings. The lowest BCUT2D eigenvalue weighted by atomic mass is 9.69. The first-order chi connectivity index (χ1) is 20.7. The minimum atomic E-state index is -0.524. The van der Waals surface area contributed by atoms with E-state index in [9.17, 15) is 9.59 Å². The number of carbonyl (C=O) groups is 2. The summed E-state index contributed by atoms with van der Waals surface area (Å²) in [5, 5.41) is 6.36. The highest BCUT2D eigenvalue weighted by molar-refractivity contribution is 6.30. The minimum Gasteiger partial charge on any atom is -0.452 e. The third kappa shape index (κ3) is 6.18.